The molecule has 19 heavy (non-hydrogen) atoms. The first-order valence-electron chi connectivity index (χ1n) is 5.74. The van der Waals surface area contributed by atoms with E-state index in [2.05, 4.69) is 10.3 Å². The number of aliphatic hydroxyl groups is 3. The standard InChI is InChI=1S/C12H14FN3O3/c13-10-4-2-1-3-9(10)12-11(7-18)14-15-16(12)5-8(19)6-17/h1-4,8,17-19H,5-7H2. The first-order valence-corrected chi connectivity index (χ1v) is 5.74. The summed E-state index contributed by atoms with van der Waals surface area (Å²) in [6.07, 6.45) is -1.03. The Kier molecular flexibility index (Phi) is 4.20. The molecule has 6 nitrogen and oxygen atoms in total. The maximum atomic E-state index is 13.8. The predicted molar refractivity (Wildman–Crippen MR) is 64.4 cm³/mol. The lowest BCUT2D eigenvalue weighted by Crippen LogP contribution is -2.21. The van der Waals surface area contributed by atoms with Crippen LogP contribution in [-0.4, -0.2) is 43.0 Å². The molecule has 1 unspecified atom stereocenters. The number of hydrogen-bond acceptors (Lipinski definition) is 5. The molecule has 0 aliphatic rings. The van der Waals surface area contributed by atoms with Gasteiger partial charge in [0.2, 0.25) is 0 Å². The van der Waals surface area contributed by atoms with Crippen LogP contribution in [0.25, 0.3) is 11.3 Å². The smallest absolute Gasteiger partial charge is 0.132 e. The first kappa shape index (κ1) is 13.6. The maximum Gasteiger partial charge on any atom is 0.132 e. The predicted octanol–water partition coefficient (Wildman–Crippen LogP) is -0.0703. The highest BCUT2D eigenvalue weighted by atomic mass is 19.1. The van der Waals surface area contributed by atoms with Crippen LogP contribution >= 0.6 is 0 Å². The van der Waals surface area contributed by atoms with Gasteiger partial charge in [-0.15, -0.1) is 5.10 Å². The average Bonchev–Trinajstić information content (AvgIpc) is 2.82. The summed E-state index contributed by atoms with van der Waals surface area (Å²) in [5, 5.41) is 35.0. The number of halogens is 1. The van der Waals surface area contributed by atoms with Crippen LogP contribution in [0.15, 0.2) is 24.3 Å². The highest BCUT2D eigenvalue weighted by Gasteiger charge is 2.18. The molecular weight excluding hydrogens is 253 g/mol. The van der Waals surface area contributed by atoms with E-state index >= 15 is 0 Å². The molecule has 0 spiro atoms. The minimum Gasteiger partial charge on any atom is -0.394 e. The summed E-state index contributed by atoms with van der Waals surface area (Å²) in [4.78, 5) is 0. The van der Waals surface area contributed by atoms with Crippen LogP contribution in [0, 0.1) is 5.82 Å². The van der Waals surface area contributed by atoms with E-state index in [9.17, 15) is 14.6 Å². The molecule has 102 valence electrons. The van der Waals surface area contributed by atoms with Crippen molar-refractivity contribution in [3.05, 3.63) is 35.8 Å². The number of rotatable bonds is 5. The van der Waals surface area contributed by atoms with Crippen LogP contribution in [-0.2, 0) is 13.2 Å². The van der Waals surface area contributed by atoms with Crippen molar-refractivity contribution in [2.75, 3.05) is 6.61 Å². The quantitative estimate of drug-likeness (QED) is 0.705. The van der Waals surface area contributed by atoms with Gasteiger partial charge in [0.05, 0.1) is 31.6 Å². The molecule has 0 radical (unpaired) electrons. The van der Waals surface area contributed by atoms with Gasteiger partial charge < -0.3 is 15.3 Å². The molecule has 7 heteroatoms. The Morgan fingerprint density at radius 2 is 2.00 bits per heavy atom. The third-order valence-electron chi connectivity index (χ3n) is 2.68. The second-order valence-electron chi connectivity index (χ2n) is 4.04. The summed E-state index contributed by atoms with van der Waals surface area (Å²) in [6, 6.07) is 6.03. The fraction of sp³-hybridized carbons (Fsp3) is 0.333. The molecule has 0 aliphatic heterocycles. The van der Waals surface area contributed by atoms with Crippen LogP contribution in [0.2, 0.25) is 0 Å². The molecule has 1 heterocycles. The Balaban J connectivity index is 2.48. The molecule has 2 aromatic rings. The second-order valence-corrected chi connectivity index (χ2v) is 4.04. The van der Waals surface area contributed by atoms with Gasteiger partial charge in [0, 0.05) is 5.56 Å². The average molecular weight is 267 g/mol. The van der Waals surface area contributed by atoms with Gasteiger partial charge in [-0.05, 0) is 12.1 Å². The van der Waals surface area contributed by atoms with E-state index in [0.717, 1.165) is 0 Å². The van der Waals surface area contributed by atoms with E-state index in [0.29, 0.717) is 5.69 Å². The molecule has 0 bridgehead atoms. The number of aromatic nitrogens is 3. The SMILES string of the molecule is OCc1nnn(CC(O)CO)c1-c1ccccc1F. The molecule has 0 fully saturated rings. The lowest BCUT2D eigenvalue weighted by atomic mass is 10.1. The van der Waals surface area contributed by atoms with Gasteiger partial charge in [-0.3, -0.25) is 0 Å². The van der Waals surface area contributed by atoms with E-state index in [-0.39, 0.29) is 24.4 Å². The second kappa shape index (κ2) is 5.87. The zero-order valence-electron chi connectivity index (χ0n) is 10.1. The monoisotopic (exact) mass is 267 g/mol. The van der Waals surface area contributed by atoms with Gasteiger partial charge in [0.1, 0.15) is 11.5 Å². The van der Waals surface area contributed by atoms with Crippen LogP contribution in [0.3, 0.4) is 0 Å². The van der Waals surface area contributed by atoms with Crippen molar-refractivity contribution in [1.82, 2.24) is 15.0 Å². The Bertz CT molecular complexity index is 559. The summed E-state index contributed by atoms with van der Waals surface area (Å²) in [6.45, 7) is -0.864. The van der Waals surface area contributed by atoms with Crippen molar-refractivity contribution in [3.8, 4) is 11.3 Å². The lowest BCUT2D eigenvalue weighted by Gasteiger charge is -2.11. The number of hydrogen-bond donors (Lipinski definition) is 3. The van der Waals surface area contributed by atoms with Crippen molar-refractivity contribution >= 4 is 0 Å². The van der Waals surface area contributed by atoms with Gasteiger partial charge in [-0.2, -0.15) is 0 Å². The van der Waals surface area contributed by atoms with Crippen molar-refractivity contribution in [2.45, 2.75) is 19.3 Å². The lowest BCUT2D eigenvalue weighted by molar-refractivity contribution is 0.0782. The normalized spacial score (nSPS) is 12.6. The van der Waals surface area contributed by atoms with E-state index in [1.807, 2.05) is 0 Å². The number of aliphatic hydroxyl groups excluding tert-OH is 3. The molecule has 1 atom stereocenters. The molecule has 0 aliphatic carbocycles. The van der Waals surface area contributed by atoms with Crippen LogP contribution in [0.4, 0.5) is 4.39 Å². The first-order chi connectivity index (χ1) is 9.17. The Morgan fingerprint density at radius 3 is 2.63 bits per heavy atom. The number of benzene rings is 1. The Hall–Kier alpha value is -1.83. The van der Waals surface area contributed by atoms with Crippen molar-refractivity contribution < 1.29 is 19.7 Å². The van der Waals surface area contributed by atoms with E-state index in [1.54, 1.807) is 12.1 Å². The molecule has 3 N–H and O–H groups in total. The number of nitrogens with zero attached hydrogens (tertiary/aromatic N) is 3. The van der Waals surface area contributed by atoms with Crippen LogP contribution in [0.1, 0.15) is 5.69 Å². The van der Waals surface area contributed by atoms with Crippen molar-refractivity contribution in [2.24, 2.45) is 0 Å². The van der Waals surface area contributed by atoms with Gasteiger partial charge in [-0.1, -0.05) is 17.3 Å². The van der Waals surface area contributed by atoms with Gasteiger partial charge in [0.15, 0.2) is 0 Å². The van der Waals surface area contributed by atoms with Crippen molar-refractivity contribution in [1.29, 1.82) is 0 Å². The summed E-state index contributed by atoms with van der Waals surface area (Å²) >= 11 is 0. The minimum absolute atomic E-state index is 0.0346. The van der Waals surface area contributed by atoms with Gasteiger partial charge in [0.25, 0.3) is 0 Å². The molecule has 2 rings (SSSR count). The fourth-order valence-corrected chi connectivity index (χ4v) is 1.79. The summed E-state index contributed by atoms with van der Waals surface area (Å²) in [7, 11) is 0. The third-order valence-corrected chi connectivity index (χ3v) is 2.68. The minimum atomic E-state index is -1.03. The molecule has 0 saturated heterocycles. The van der Waals surface area contributed by atoms with Crippen LogP contribution in [0.5, 0.6) is 0 Å². The zero-order valence-corrected chi connectivity index (χ0v) is 10.1. The largest absolute Gasteiger partial charge is 0.394 e. The maximum absolute atomic E-state index is 13.8. The van der Waals surface area contributed by atoms with Crippen molar-refractivity contribution in [3.63, 3.8) is 0 Å². The zero-order chi connectivity index (χ0) is 13.8. The molecule has 1 aromatic carbocycles. The highest BCUT2D eigenvalue weighted by Crippen LogP contribution is 2.25. The third kappa shape index (κ3) is 2.78. The van der Waals surface area contributed by atoms with E-state index in [4.69, 9.17) is 5.11 Å². The Morgan fingerprint density at radius 1 is 1.26 bits per heavy atom. The molecule has 0 saturated carbocycles. The van der Waals surface area contributed by atoms with E-state index in [1.165, 1.54) is 16.8 Å². The highest BCUT2D eigenvalue weighted by molar-refractivity contribution is 5.62. The summed E-state index contributed by atoms with van der Waals surface area (Å²) < 4.78 is 15.1. The van der Waals surface area contributed by atoms with Gasteiger partial charge >= 0.3 is 0 Å². The molecule has 0 amide bonds. The fourth-order valence-electron chi connectivity index (χ4n) is 1.79. The van der Waals surface area contributed by atoms with E-state index < -0.39 is 18.5 Å². The summed E-state index contributed by atoms with van der Waals surface area (Å²) in [5.74, 6) is -0.473. The van der Waals surface area contributed by atoms with Crippen LogP contribution < -0.4 is 0 Å². The molecular formula is C12H14FN3O3. The topological polar surface area (TPSA) is 91.4 Å². The molecule has 1 aromatic heterocycles. The summed E-state index contributed by atoms with van der Waals surface area (Å²) in [5.41, 5.74) is 0.755. The van der Waals surface area contributed by atoms with Gasteiger partial charge in [-0.25, -0.2) is 9.07 Å². The Labute approximate surface area is 108 Å².